The van der Waals surface area contributed by atoms with E-state index in [-0.39, 0.29) is 0 Å². The Kier molecular flexibility index (Phi) is 3.26. The first kappa shape index (κ1) is 11.7. The number of furan rings is 1. The lowest BCUT2D eigenvalue weighted by atomic mass is 10.1. The van der Waals surface area contributed by atoms with Crippen LogP contribution in [0.2, 0.25) is 0 Å². The Bertz CT molecular complexity index is 648. The molecule has 18 heavy (non-hydrogen) atoms. The third kappa shape index (κ3) is 2.47. The molecule has 0 radical (unpaired) electrons. The third-order valence-electron chi connectivity index (χ3n) is 2.35. The van der Waals surface area contributed by atoms with Gasteiger partial charge in [0.1, 0.15) is 11.5 Å². The van der Waals surface area contributed by atoms with Crippen molar-refractivity contribution in [1.29, 1.82) is 5.26 Å². The first-order valence-electron chi connectivity index (χ1n) is 5.27. The van der Waals surface area contributed by atoms with Crippen molar-refractivity contribution in [1.82, 2.24) is 0 Å². The van der Waals surface area contributed by atoms with Crippen molar-refractivity contribution in [3.63, 3.8) is 0 Å². The molecule has 0 spiro atoms. The Balaban J connectivity index is 2.36. The minimum atomic E-state index is -0.537. The first-order valence-corrected chi connectivity index (χ1v) is 5.27. The lowest BCUT2D eigenvalue weighted by Crippen LogP contribution is -2.04. The molecule has 0 aliphatic rings. The Hall–Kier alpha value is -2.80. The predicted octanol–water partition coefficient (Wildman–Crippen LogP) is 2.32. The van der Waals surface area contributed by atoms with Gasteiger partial charge < -0.3 is 10.2 Å². The molecule has 0 saturated carbocycles. The molecule has 2 N–H and O–H groups in total. The standard InChI is InChI=1S/C14H10N2O2/c15-9-10-3-1-2-4-12(10)13-7-5-11(18-13)6-8-14(16)17/h1-8H,(H2,16,17)/b8-6-. The fourth-order valence-electron chi connectivity index (χ4n) is 1.55. The molecule has 1 amide bonds. The van der Waals surface area contributed by atoms with Crippen molar-refractivity contribution >= 4 is 12.0 Å². The molecule has 1 heterocycles. The van der Waals surface area contributed by atoms with Crippen LogP contribution in [0, 0.1) is 11.3 Å². The van der Waals surface area contributed by atoms with E-state index in [0.29, 0.717) is 17.1 Å². The lowest BCUT2D eigenvalue weighted by molar-refractivity contribution is -0.113. The zero-order valence-corrected chi connectivity index (χ0v) is 9.46. The van der Waals surface area contributed by atoms with Crippen LogP contribution in [0.4, 0.5) is 0 Å². The molecule has 0 atom stereocenters. The number of hydrogen-bond donors (Lipinski definition) is 1. The number of hydrogen-bond acceptors (Lipinski definition) is 3. The Labute approximate surface area is 104 Å². The van der Waals surface area contributed by atoms with Crippen molar-refractivity contribution in [2.75, 3.05) is 0 Å². The van der Waals surface area contributed by atoms with Crippen molar-refractivity contribution in [2.24, 2.45) is 5.73 Å². The molecule has 2 aromatic rings. The highest BCUT2D eigenvalue weighted by atomic mass is 16.3. The zero-order chi connectivity index (χ0) is 13.0. The molecular weight excluding hydrogens is 228 g/mol. The smallest absolute Gasteiger partial charge is 0.241 e. The average Bonchev–Trinajstić information content (AvgIpc) is 2.85. The van der Waals surface area contributed by atoms with Gasteiger partial charge in [-0.2, -0.15) is 5.26 Å². The summed E-state index contributed by atoms with van der Waals surface area (Å²) in [6.45, 7) is 0. The third-order valence-corrected chi connectivity index (χ3v) is 2.35. The normalized spacial score (nSPS) is 10.4. The van der Waals surface area contributed by atoms with Gasteiger partial charge in [0, 0.05) is 11.6 Å². The summed E-state index contributed by atoms with van der Waals surface area (Å²) in [6, 6.07) is 12.7. The average molecular weight is 238 g/mol. The van der Waals surface area contributed by atoms with E-state index >= 15 is 0 Å². The van der Waals surface area contributed by atoms with Crippen molar-refractivity contribution in [2.45, 2.75) is 0 Å². The summed E-state index contributed by atoms with van der Waals surface area (Å²) in [5.41, 5.74) is 6.25. The second-order valence-corrected chi connectivity index (χ2v) is 3.60. The molecule has 0 aliphatic carbocycles. The van der Waals surface area contributed by atoms with Gasteiger partial charge in [0.05, 0.1) is 11.6 Å². The van der Waals surface area contributed by atoms with Crippen molar-refractivity contribution in [3.8, 4) is 17.4 Å². The number of nitrogens with two attached hydrogens (primary N) is 1. The number of amides is 1. The second kappa shape index (κ2) is 5.02. The van der Waals surface area contributed by atoms with Gasteiger partial charge in [-0.15, -0.1) is 0 Å². The highest BCUT2D eigenvalue weighted by Crippen LogP contribution is 2.25. The van der Waals surface area contributed by atoms with Crippen LogP contribution in [0.1, 0.15) is 11.3 Å². The van der Waals surface area contributed by atoms with Crippen LogP contribution in [0.3, 0.4) is 0 Å². The van der Waals surface area contributed by atoms with E-state index in [9.17, 15) is 4.79 Å². The van der Waals surface area contributed by atoms with Crippen LogP contribution in [0.5, 0.6) is 0 Å². The maximum Gasteiger partial charge on any atom is 0.241 e. The predicted molar refractivity (Wildman–Crippen MR) is 67.1 cm³/mol. The Morgan fingerprint density at radius 1 is 1.28 bits per heavy atom. The SMILES string of the molecule is N#Cc1ccccc1-c1ccc(/C=C\C(N)=O)o1. The van der Waals surface area contributed by atoms with E-state index in [1.54, 1.807) is 30.3 Å². The summed E-state index contributed by atoms with van der Waals surface area (Å²) >= 11 is 0. The molecule has 0 bridgehead atoms. The largest absolute Gasteiger partial charge is 0.457 e. The summed E-state index contributed by atoms with van der Waals surface area (Å²) in [7, 11) is 0. The maximum absolute atomic E-state index is 10.6. The minimum absolute atomic E-state index is 0.511. The van der Waals surface area contributed by atoms with Gasteiger partial charge in [0.2, 0.25) is 5.91 Å². The maximum atomic E-state index is 10.6. The molecule has 0 fully saturated rings. The number of benzene rings is 1. The molecule has 1 aromatic heterocycles. The van der Waals surface area contributed by atoms with Crippen LogP contribution in [0.15, 0.2) is 46.9 Å². The van der Waals surface area contributed by atoms with Gasteiger partial charge in [0.15, 0.2) is 0 Å². The monoisotopic (exact) mass is 238 g/mol. The van der Waals surface area contributed by atoms with Crippen LogP contribution in [-0.2, 0) is 4.79 Å². The van der Waals surface area contributed by atoms with Crippen LogP contribution < -0.4 is 5.73 Å². The van der Waals surface area contributed by atoms with E-state index in [2.05, 4.69) is 6.07 Å². The second-order valence-electron chi connectivity index (χ2n) is 3.60. The number of rotatable bonds is 3. The van der Waals surface area contributed by atoms with E-state index in [4.69, 9.17) is 15.4 Å². The molecule has 0 unspecified atom stereocenters. The fraction of sp³-hybridized carbons (Fsp3) is 0. The van der Waals surface area contributed by atoms with E-state index in [0.717, 1.165) is 5.56 Å². The number of primary amides is 1. The van der Waals surface area contributed by atoms with E-state index < -0.39 is 5.91 Å². The Morgan fingerprint density at radius 3 is 2.78 bits per heavy atom. The molecular formula is C14H10N2O2. The van der Waals surface area contributed by atoms with E-state index in [1.165, 1.54) is 12.2 Å². The summed E-state index contributed by atoms with van der Waals surface area (Å²) in [5, 5.41) is 9.00. The number of carbonyl (C=O) groups excluding carboxylic acids is 1. The minimum Gasteiger partial charge on any atom is -0.457 e. The van der Waals surface area contributed by atoms with Crippen LogP contribution >= 0.6 is 0 Å². The molecule has 2 rings (SSSR count). The van der Waals surface area contributed by atoms with Crippen LogP contribution in [0.25, 0.3) is 17.4 Å². The number of nitriles is 1. The van der Waals surface area contributed by atoms with Gasteiger partial charge in [-0.25, -0.2) is 0 Å². The van der Waals surface area contributed by atoms with Gasteiger partial charge in [0.25, 0.3) is 0 Å². The van der Waals surface area contributed by atoms with Gasteiger partial charge in [-0.05, 0) is 30.3 Å². The molecule has 0 aliphatic heterocycles. The highest BCUT2D eigenvalue weighted by molar-refractivity contribution is 5.89. The zero-order valence-electron chi connectivity index (χ0n) is 9.46. The van der Waals surface area contributed by atoms with Crippen LogP contribution in [-0.4, -0.2) is 5.91 Å². The summed E-state index contributed by atoms with van der Waals surface area (Å²) in [5.74, 6) is 0.554. The number of carbonyl (C=O) groups is 1. The molecule has 88 valence electrons. The molecule has 0 saturated heterocycles. The quantitative estimate of drug-likeness (QED) is 0.833. The topological polar surface area (TPSA) is 80.0 Å². The summed E-state index contributed by atoms with van der Waals surface area (Å²) < 4.78 is 5.52. The van der Waals surface area contributed by atoms with Gasteiger partial charge in [-0.3, -0.25) is 4.79 Å². The van der Waals surface area contributed by atoms with E-state index in [1.807, 2.05) is 6.07 Å². The van der Waals surface area contributed by atoms with Gasteiger partial charge >= 0.3 is 0 Å². The highest BCUT2D eigenvalue weighted by Gasteiger charge is 2.07. The first-order chi connectivity index (χ1) is 8.70. The number of nitrogens with zero attached hydrogens (tertiary/aromatic N) is 1. The van der Waals surface area contributed by atoms with Crippen molar-refractivity contribution in [3.05, 3.63) is 53.8 Å². The molecule has 1 aromatic carbocycles. The lowest BCUT2D eigenvalue weighted by Gasteiger charge is -1.98. The Morgan fingerprint density at radius 2 is 2.06 bits per heavy atom. The molecule has 4 nitrogen and oxygen atoms in total. The molecule has 4 heteroatoms. The fourth-order valence-corrected chi connectivity index (χ4v) is 1.55. The van der Waals surface area contributed by atoms with Gasteiger partial charge in [-0.1, -0.05) is 12.1 Å². The summed E-state index contributed by atoms with van der Waals surface area (Å²) in [4.78, 5) is 10.6. The van der Waals surface area contributed by atoms with Crippen molar-refractivity contribution < 1.29 is 9.21 Å². The summed E-state index contributed by atoms with van der Waals surface area (Å²) in [6.07, 6.45) is 2.71.